The lowest BCUT2D eigenvalue weighted by atomic mass is 9.99. The van der Waals surface area contributed by atoms with Gasteiger partial charge in [0, 0.05) is 21.2 Å². The van der Waals surface area contributed by atoms with Crippen molar-refractivity contribution in [2.45, 2.75) is 26.4 Å². The molecule has 0 aliphatic heterocycles. The van der Waals surface area contributed by atoms with Crippen molar-refractivity contribution in [1.29, 1.82) is 0 Å². The van der Waals surface area contributed by atoms with Crippen LogP contribution < -0.4 is 0 Å². The molecule has 1 aromatic heterocycles. The molecule has 1 atom stereocenters. The van der Waals surface area contributed by atoms with E-state index in [1.165, 1.54) is 0 Å². The van der Waals surface area contributed by atoms with Crippen LogP contribution in [0.3, 0.4) is 0 Å². The molecule has 0 fully saturated rings. The molecule has 0 aliphatic carbocycles. The summed E-state index contributed by atoms with van der Waals surface area (Å²) in [6.07, 6.45) is -0.159. The predicted octanol–water partition coefficient (Wildman–Crippen LogP) is 3.74. The minimum Gasteiger partial charge on any atom is -0.384 e. The first-order chi connectivity index (χ1) is 9.02. The van der Waals surface area contributed by atoms with Gasteiger partial charge in [-0.15, -0.1) is 0 Å². The Kier molecular flexibility index (Phi) is 4.40. The Bertz CT molecular complexity index is 602. The predicted molar refractivity (Wildman–Crippen MR) is 76.7 cm³/mol. The van der Waals surface area contributed by atoms with Gasteiger partial charge in [0.05, 0.1) is 11.4 Å². The van der Waals surface area contributed by atoms with Gasteiger partial charge < -0.3 is 5.11 Å². The van der Waals surface area contributed by atoms with Crippen molar-refractivity contribution in [2.75, 3.05) is 0 Å². The number of aryl methyl sites for hydroxylation is 2. The Labute approximate surface area is 122 Å². The Balaban J connectivity index is 2.51. The number of nitrogens with zero attached hydrogens (tertiary/aromatic N) is 2. The van der Waals surface area contributed by atoms with Crippen molar-refractivity contribution >= 4 is 23.2 Å². The van der Waals surface area contributed by atoms with Crippen LogP contribution >= 0.6 is 23.2 Å². The van der Waals surface area contributed by atoms with E-state index in [1.807, 2.05) is 19.9 Å². The second kappa shape index (κ2) is 5.87. The third-order valence-electron chi connectivity index (χ3n) is 2.91. The molecular weight excluding hydrogens is 283 g/mol. The number of hydrogen-bond donors (Lipinski definition) is 1. The first-order valence-corrected chi connectivity index (χ1v) is 6.74. The molecule has 0 spiro atoms. The van der Waals surface area contributed by atoms with Crippen LogP contribution in [0.5, 0.6) is 0 Å². The average Bonchev–Trinajstić information content (AvgIpc) is 2.40. The van der Waals surface area contributed by atoms with Gasteiger partial charge in [0.15, 0.2) is 0 Å². The van der Waals surface area contributed by atoms with E-state index in [0.29, 0.717) is 22.0 Å². The fourth-order valence-corrected chi connectivity index (χ4v) is 2.34. The molecule has 2 rings (SSSR count). The van der Waals surface area contributed by atoms with E-state index in [2.05, 4.69) is 10.2 Å². The smallest absolute Gasteiger partial charge is 0.107 e. The summed E-state index contributed by atoms with van der Waals surface area (Å²) >= 11 is 12.1. The molecule has 0 amide bonds. The van der Waals surface area contributed by atoms with E-state index in [9.17, 15) is 5.11 Å². The van der Waals surface area contributed by atoms with Crippen LogP contribution in [0, 0.1) is 6.92 Å². The first kappa shape index (κ1) is 14.3. The van der Waals surface area contributed by atoms with E-state index in [-0.39, 0.29) is 0 Å². The molecule has 1 heterocycles. The minimum atomic E-state index is -0.852. The number of aliphatic hydroxyl groups is 1. The maximum Gasteiger partial charge on any atom is 0.107 e. The van der Waals surface area contributed by atoms with Crippen molar-refractivity contribution in [3.8, 4) is 0 Å². The minimum absolute atomic E-state index is 0.480. The molecular formula is C14H14Cl2N2O. The molecule has 0 saturated heterocycles. The van der Waals surface area contributed by atoms with E-state index in [0.717, 1.165) is 17.0 Å². The van der Waals surface area contributed by atoms with Crippen molar-refractivity contribution < 1.29 is 5.11 Å². The van der Waals surface area contributed by atoms with Gasteiger partial charge in [-0.2, -0.15) is 10.2 Å². The first-order valence-electron chi connectivity index (χ1n) is 5.99. The van der Waals surface area contributed by atoms with Crippen molar-refractivity contribution in [3.63, 3.8) is 0 Å². The molecule has 1 aromatic carbocycles. The lowest BCUT2D eigenvalue weighted by Gasteiger charge is -2.16. The van der Waals surface area contributed by atoms with Gasteiger partial charge in [-0.3, -0.25) is 0 Å². The van der Waals surface area contributed by atoms with Gasteiger partial charge in [-0.1, -0.05) is 30.1 Å². The highest BCUT2D eigenvalue weighted by molar-refractivity contribution is 6.33. The highest BCUT2D eigenvalue weighted by atomic mass is 35.5. The van der Waals surface area contributed by atoms with Gasteiger partial charge >= 0.3 is 0 Å². The van der Waals surface area contributed by atoms with Crippen LogP contribution in [0.1, 0.15) is 35.5 Å². The summed E-state index contributed by atoms with van der Waals surface area (Å²) in [5.41, 5.74) is 2.81. The van der Waals surface area contributed by atoms with E-state index in [1.54, 1.807) is 18.2 Å². The van der Waals surface area contributed by atoms with Gasteiger partial charge in [-0.25, -0.2) is 0 Å². The summed E-state index contributed by atoms with van der Waals surface area (Å²) in [5, 5.41) is 19.7. The molecule has 5 heteroatoms. The summed E-state index contributed by atoms with van der Waals surface area (Å²) in [4.78, 5) is 0. The normalized spacial score (nSPS) is 12.5. The summed E-state index contributed by atoms with van der Waals surface area (Å²) in [5.74, 6) is 0. The van der Waals surface area contributed by atoms with Crippen LogP contribution in [-0.2, 0) is 6.42 Å². The Morgan fingerprint density at radius 1 is 1.16 bits per heavy atom. The van der Waals surface area contributed by atoms with Crippen molar-refractivity contribution in [2.24, 2.45) is 0 Å². The fourth-order valence-electron chi connectivity index (χ4n) is 1.94. The summed E-state index contributed by atoms with van der Waals surface area (Å²) in [6, 6.07) is 6.86. The standard InChI is InChI=1S/C14H14Cl2N2O/c1-3-13-11(6-8(2)17-18-13)14(19)10-7-9(15)4-5-12(10)16/h4-7,14,19H,3H2,1-2H3. The van der Waals surface area contributed by atoms with Crippen molar-refractivity contribution in [3.05, 3.63) is 56.8 Å². The van der Waals surface area contributed by atoms with E-state index in [4.69, 9.17) is 23.2 Å². The Morgan fingerprint density at radius 3 is 2.58 bits per heavy atom. The Morgan fingerprint density at radius 2 is 1.89 bits per heavy atom. The number of rotatable bonds is 3. The summed E-state index contributed by atoms with van der Waals surface area (Å²) < 4.78 is 0. The maximum absolute atomic E-state index is 10.5. The number of benzene rings is 1. The SMILES string of the molecule is CCc1nnc(C)cc1C(O)c1cc(Cl)ccc1Cl. The monoisotopic (exact) mass is 296 g/mol. The van der Waals surface area contributed by atoms with E-state index >= 15 is 0 Å². The molecule has 0 bridgehead atoms. The van der Waals surface area contributed by atoms with Crippen LogP contribution in [-0.4, -0.2) is 15.3 Å². The lowest BCUT2D eigenvalue weighted by molar-refractivity contribution is 0.218. The molecule has 0 radical (unpaired) electrons. The maximum atomic E-state index is 10.5. The zero-order chi connectivity index (χ0) is 14.0. The Hall–Kier alpha value is -1.16. The second-order valence-electron chi connectivity index (χ2n) is 4.31. The number of aromatic nitrogens is 2. The topological polar surface area (TPSA) is 46.0 Å². The van der Waals surface area contributed by atoms with Crippen LogP contribution in [0.25, 0.3) is 0 Å². The zero-order valence-electron chi connectivity index (χ0n) is 10.7. The number of hydrogen-bond acceptors (Lipinski definition) is 3. The molecule has 1 unspecified atom stereocenters. The zero-order valence-corrected chi connectivity index (χ0v) is 12.2. The van der Waals surface area contributed by atoms with Crippen molar-refractivity contribution in [1.82, 2.24) is 10.2 Å². The molecule has 0 saturated carbocycles. The molecule has 19 heavy (non-hydrogen) atoms. The number of aliphatic hydroxyl groups excluding tert-OH is 1. The summed E-state index contributed by atoms with van der Waals surface area (Å²) in [7, 11) is 0. The highest BCUT2D eigenvalue weighted by Crippen LogP contribution is 2.31. The molecule has 3 nitrogen and oxygen atoms in total. The second-order valence-corrected chi connectivity index (χ2v) is 5.15. The number of halogens is 2. The van der Waals surface area contributed by atoms with Crippen LogP contribution in [0.15, 0.2) is 24.3 Å². The molecule has 0 aliphatic rings. The molecule has 100 valence electrons. The van der Waals surface area contributed by atoms with Gasteiger partial charge in [0.1, 0.15) is 6.10 Å². The van der Waals surface area contributed by atoms with Gasteiger partial charge in [0.2, 0.25) is 0 Å². The average molecular weight is 297 g/mol. The fraction of sp³-hybridized carbons (Fsp3) is 0.286. The van der Waals surface area contributed by atoms with E-state index < -0.39 is 6.10 Å². The quantitative estimate of drug-likeness (QED) is 0.938. The molecule has 1 N–H and O–H groups in total. The largest absolute Gasteiger partial charge is 0.384 e. The van der Waals surface area contributed by atoms with Gasteiger partial charge in [-0.05, 0) is 37.6 Å². The van der Waals surface area contributed by atoms with Gasteiger partial charge in [0.25, 0.3) is 0 Å². The highest BCUT2D eigenvalue weighted by Gasteiger charge is 2.18. The third kappa shape index (κ3) is 3.06. The van der Waals surface area contributed by atoms with Crippen LogP contribution in [0.4, 0.5) is 0 Å². The van der Waals surface area contributed by atoms with Crippen LogP contribution in [0.2, 0.25) is 10.0 Å². The summed E-state index contributed by atoms with van der Waals surface area (Å²) in [6.45, 7) is 3.80. The molecule has 2 aromatic rings. The lowest BCUT2D eigenvalue weighted by Crippen LogP contribution is -2.08. The third-order valence-corrected chi connectivity index (χ3v) is 3.49.